The highest BCUT2D eigenvalue weighted by atomic mass is 127. The van der Waals surface area contributed by atoms with Crippen LogP contribution in [0.4, 0.5) is 0 Å². The monoisotopic (exact) mass is 253 g/mol. The van der Waals surface area contributed by atoms with E-state index in [2.05, 4.69) is 0 Å². The first-order chi connectivity index (χ1) is 4.34. The summed E-state index contributed by atoms with van der Waals surface area (Å²) >= 11 is 0. The van der Waals surface area contributed by atoms with Gasteiger partial charge in [0.25, 0.3) is 0 Å². The molecule has 0 fully saturated rings. The smallest absolute Gasteiger partial charge is 0.0698 e. The molecule has 0 spiro atoms. The van der Waals surface area contributed by atoms with Crippen LogP contribution in [0.2, 0.25) is 0 Å². The zero-order valence-corrected chi connectivity index (χ0v) is 8.23. The van der Waals surface area contributed by atoms with Crippen LogP contribution < -0.4 is 0 Å². The van der Waals surface area contributed by atoms with Crippen LogP contribution in [0.5, 0.6) is 0 Å². The maximum atomic E-state index is 8.73. The molecular weight excluding hydrogens is 241 g/mol. The largest absolute Gasteiger partial charge is 0.394 e. The molecule has 1 rings (SSSR count). The highest BCUT2D eigenvalue weighted by Gasteiger charge is 2.06. The molecule has 0 saturated heterocycles. The average Bonchev–Trinajstić information content (AvgIpc) is 1.89. The molecule has 58 valence electrons. The van der Waals surface area contributed by atoms with Gasteiger partial charge in [0.15, 0.2) is 0 Å². The lowest BCUT2D eigenvalue weighted by molar-refractivity contribution is 0.212. The molecule has 0 aromatic carbocycles. The van der Waals surface area contributed by atoms with Gasteiger partial charge in [-0.2, -0.15) is 0 Å². The van der Waals surface area contributed by atoms with Gasteiger partial charge in [0.05, 0.1) is 12.6 Å². The molecule has 1 heterocycles. The molecule has 0 saturated carbocycles. The van der Waals surface area contributed by atoms with Gasteiger partial charge >= 0.3 is 0 Å². The van der Waals surface area contributed by atoms with E-state index in [0.29, 0.717) is 0 Å². The minimum Gasteiger partial charge on any atom is -0.394 e. The minimum atomic E-state index is 0. The number of aliphatic hydroxyl groups is 1. The molecule has 1 atom stereocenters. The molecular formula is C7H12INO. The number of hydrogen-bond acceptors (Lipinski definition) is 2. The molecule has 0 aliphatic carbocycles. The molecule has 2 nitrogen and oxygen atoms in total. The predicted molar refractivity (Wildman–Crippen MR) is 52.3 cm³/mol. The van der Waals surface area contributed by atoms with Gasteiger partial charge in [0, 0.05) is 7.05 Å². The number of rotatable bonds is 1. The Labute approximate surface area is 78.2 Å². The van der Waals surface area contributed by atoms with Gasteiger partial charge in [0.2, 0.25) is 0 Å². The summed E-state index contributed by atoms with van der Waals surface area (Å²) in [5, 5.41) is 8.73. The Morgan fingerprint density at radius 3 is 2.60 bits per heavy atom. The van der Waals surface area contributed by atoms with Gasteiger partial charge in [0.1, 0.15) is 0 Å². The Bertz CT molecular complexity index is 145. The number of hydrogen-bond donors (Lipinski definition) is 1. The Morgan fingerprint density at radius 1 is 1.50 bits per heavy atom. The third-order valence-corrected chi connectivity index (χ3v) is 1.48. The van der Waals surface area contributed by atoms with Gasteiger partial charge in [-0.3, -0.25) is 0 Å². The third-order valence-electron chi connectivity index (χ3n) is 1.48. The van der Waals surface area contributed by atoms with E-state index >= 15 is 0 Å². The number of likely N-dealkylation sites (N-methyl/N-ethyl adjacent to an activating group) is 1. The summed E-state index contributed by atoms with van der Waals surface area (Å²) in [6.45, 7) is 0.192. The van der Waals surface area contributed by atoms with Crippen molar-refractivity contribution < 1.29 is 5.11 Å². The number of allylic oxidation sites excluding steroid dienone is 2. The van der Waals surface area contributed by atoms with Crippen LogP contribution in [0.25, 0.3) is 0 Å². The van der Waals surface area contributed by atoms with E-state index < -0.39 is 0 Å². The molecule has 0 amide bonds. The Kier molecular flexibility index (Phi) is 4.72. The zero-order valence-electron chi connectivity index (χ0n) is 5.90. The number of aliphatic hydroxyl groups excluding tert-OH is 1. The Morgan fingerprint density at radius 2 is 2.20 bits per heavy atom. The van der Waals surface area contributed by atoms with E-state index in [1.54, 1.807) is 0 Å². The van der Waals surface area contributed by atoms with Crippen LogP contribution in [0.15, 0.2) is 24.4 Å². The van der Waals surface area contributed by atoms with Crippen LogP contribution in [0.1, 0.15) is 0 Å². The topological polar surface area (TPSA) is 23.5 Å². The second kappa shape index (κ2) is 4.73. The normalized spacial score (nSPS) is 22.6. The molecule has 1 N–H and O–H groups in total. The second-order valence-corrected chi connectivity index (χ2v) is 2.14. The first kappa shape index (κ1) is 9.97. The zero-order chi connectivity index (χ0) is 6.69. The van der Waals surface area contributed by atoms with E-state index in [1.165, 1.54) is 0 Å². The number of nitrogens with zero attached hydrogens (tertiary/aromatic N) is 1. The molecule has 1 aliphatic heterocycles. The lowest BCUT2D eigenvalue weighted by Crippen LogP contribution is -2.29. The maximum absolute atomic E-state index is 8.73. The minimum absolute atomic E-state index is 0. The first-order valence-electron chi connectivity index (χ1n) is 3.02. The second-order valence-electron chi connectivity index (χ2n) is 2.14. The van der Waals surface area contributed by atoms with E-state index in [9.17, 15) is 0 Å². The van der Waals surface area contributed by atoms with E-state index in [1.807, 2.05) is 36.4 Å². The summed E-state index contributed by atoms with van der Waals surface area (Å²) in [4.78, 5) is 1.97. The first-order valence-corrected chi connectivity index (χ1v) is 3.02. The lowest BCUT2D eigenvalue weighted by atomic mass is 10.2. The van der Waals surface area contributed by atoms with Crippen molar-refractivity contribution in [3.05, 3.63) is 24.4 Å². The van der Waals surface area contributed by atoms with Crippen molar-refractivity contribution in [3.63, 3.8) is 0 Å². The summed E-state index contributed by atoms with van der Waals surface area (Å²) in [6, 6.07) is 0.176. The molecule has 1 aliphatic rings. The van der Waals surface area contributed by atoms with Gasteiger partial charge in [-0.15, -0.1) is 24.0 Å². The third kappa shape index (κ3) is 2.30. The fourth-order valence-electron chi connectivity index (χ4n) is 0.814. The molecule has 0 aromatic heterocycles. The quantitative estimate of drug-likeness (QED) is 0.704. The highest BCUT2D eigenvalue weighted by Crippen LogP contribution is 2.03. The van der Waals surface area contributed by atoms with E-state index in [0.717, 1.165) is 0 Å². The van der Waals surface area contributed by atoms with Crippen molar-refractivity contribution in [3.8, 4) is 0 Å². The fourth-order valence-corrected chi connectivity index (χ4v) is 0.814. The van der Waals surface area contributed by atoms with Gasteiger partial charge in [-0.1, -0.05) is 12.2 Å². The molecule has 0 bridgehead atoms. The summed E-state index contributed by atoms with van der Waals surface area (Å²) in [6.07, 6.45) is 7.81. The van der Waals surface area contributed by atoms with Crippen molar-refractivity contribution in [1.82, 2.24) is 4.90 Å². The Hall–Kier alpha value is -0.0300. The van der Waals surface area contributed by atoms with Crippen LogP contribution in [0.3, 0.4) is 0 Å². The summed E-state index contributed by atoms with van der Waals surface area (Å²) in [5.74, 6) is 0. The molecule has 0 radical (unpaired) electrons. The molecule has 1 unspecified atom stereocenters. The predicted octanol–water partition coefficient (Wildman–Crippen LogP) is 0.981. The van der Waals surface area contributed by atoms with E-state index in [-0.39, 0.29) is 36.6 Å². The summed E-state index contributed by atoms with van der Waals surface area (Å²) < 4.78 is 0. The van der Waals surface area contributed by atoms with Crippen LogP contribution >= 0.6 is 24.0 Å². The summed E-state index contributed by atoms with van der Waals surface area (Å²) in [7, 11) is 1.95. The molecule has 0 aromatic rings. The molecule has 10 heavy (non-hydrogen) atoms. The Balaban J connectivity index is 0.000000810. The standard InChI is InChI=1S/C7H11NO.HI/c1-8-5-3-2-4-7(8)6-9;/h2-5,7,9H,6H2,1H3;1H. The van der Waals surface area contributed by atoms with Crippen molar-refractivity contribution in [2.75, 3.05) is 13.7 Å². The van der Waals surface area contributed by atoms with Gasteiger partial charge in [-0.25, -0.2) is 0 Å². The number of halogens is 1. The van der Waals surface area contributed by atoms with Crippen molar-refractivity contribution in [1.29, 1.82) is 0 Å². The van der Waals surface area contributed by atoms with Crippen molar-refractivity contribution in [2.45, 2.75) is 6.04 Å². The van der Waals surface area contributed by atoms with Crippen LogP contribution in [0, 0.1) is 0 Å². The van der Waals surface area contributed by atoms with Gasteiger partial charge < -0.3 is 10.0 Å². The van der Waals surface area contributed by atoms with Crippen molar-refractivity contribution >= 4 is 24.0 Å². The SMILES string of the molecule is CN1C=CC=CC1CO.I. The molecule has 3 heteroatoms. The van der Waals surface area contributed by atoms with Crippen LogP contribution in [-0.4, -0.2) is 29.7 Å². The summed E-state index contributed by atoms with van der Waals surface area (Å²) in [5.41, 5.74) is 0. The van der Waals surface area contributed by atoms with Crippen LogP contribution in [-0.2, 0) is 0 Å². The fraction of sp³-hybridized carbons (Fsp3) is 0.429. The van der Waals surface area contributed by atoms with E-state index in [4.69, 9.17) is 5.11 Å². The average molecular weight is 253 g/mol. The van der Waals surface area contributed by atoms with Gasteiger partial charge in [-0.05, 0) is 12.3 Å². The van der Waals surface area contributed by atoms with Crippen molar-refractivity contribution in [2.24, 2.45) is 0 Å². The lowest BCUT2D eigenvalue weighted by Gasteiger charge is -2.23. The highest BCUT2D eigenvalue weighted by molar-refractivity contribution is 14.0. The maximum Gasteiger partial charge on any atom is 0.0698 e.